The monoisotopic (exact) mass is 207 g/mol. The van der Waals surface area contributed by atoms with Gasteiger partial charge in [-0.3, -0.25) is 6.08 Å². The summed E-state index contributed by atoms with van der Waals surface area (Å²) in [6, 6.07) is 0. The van der Waals surface area contributed by atoms with Gasteiger partial charge in [-0.2, -0.15) is 6.08 Å². The van der Waals surface area contributed by atoms with Crippen LogP contribution in [0.4, 0.5) is 0 Å². The van der Waals surface area contributed by atoms with Crippen molar-refractivity contribution in [1.29, 1.82) is 0 Å². The first-order valence-electron chi connectivity index (χ1n) is 1.72. The van der Waals surface area contributed by atoms with Crippen LogP contribution in [0.2, 0.25) is 0 Å². The summed E-state index contributed by atoms with van der Waals surface area (Å²) in [6.45, 7) is 0. The predicted molar refractivity (Wildman–Crippen MR) is 21.6 cm³/mol. The van der Waals surface area contributed by atoms with Crippen molar-refractivity contribution in [3.05, 3.63) is 24.3 Å². The standard InChI is InChI=1S/C5H5.Nd/c1-2-4-5-3-1;/h1-3H,4H2;/q-1;. The molecule has 1 rings (SSSR count). The van der Waals surface area contributed by atoms with Crippen molar-refractivity contribution in [2.45, 2.75) is 6.42 Å². The summed E-state index contributed by atoms with van der Waals surface area (Å²) in [5.41, 5.74) is 0. The Hall–Kier alpha value is 0.831. The van der Waals surface area contributed by atoms with Crippen LogP contribution in [0.25, 0.3) is 0 Å². The summed E-state index contributed by atoms with van der Waals surface area (Å²) in [5.74, 6) is 0. The van der Waals surface area contributed by atoms with Crippen molar-refractivity contribution < 1.29 is 40.8 Å². The van der Waals surface area contributed by atoms with Gasteiger partial charge in [-0.1, -0.05) is 0 Å². The minimum absolute atomic E-state index is 0. The van der Waals surface area contributed by atoms with Crippen molar-refractivity contribution in [3.63, 3.8) is 0 Å². The summed E-state index contributed by atoms with van der Waals surface area (Å²) in [5, 5.41) is 0. The maximum absolute atomic E-state index is 2.99. The van der Waals surface area contributed by atoms with Gasteiger partial charge in [-0.05, 0) is 0 Å². The van der Waals surface area contributed by atoms with Gasteiger partial charge < -0.3 is 0 Å². The largest absolute Gasteiger partial charge is 0.273 e. The van der Waals surface area contributed by atoms with Crippen LogP contribution in [-0.2, 0) is 0 Å². The molecule has 0 N–H and O–H groups in total. The molecular formula is C5H5Nd-. The van der Waals surface area contributed by atoms with E-state index < -0.39 is 0 Å². The van der Waals surface area contributed by atoms with E-state index in [1.807, 2.05) is 12.2 Å². The van der Waals surface area contributed by atoms with E-state index in [0.29, 0.717) is 0 Å². The molecule has 0 aromatic carbocycles. The molecule has 30 valence electrons. The van der Waals surface area contributed by atoms with E-state index in [2.05, 4.69) is 12.2 Å². The van der Waals surface area contributed by atoms with E-state index >= 15 is 0 Å². The van der Waals surface area contributed by atoms with Crippen LogP contribution >= 0.6 is 0 Å². The molecule has 0 unspecified atom stereocenters. The van der Waals surface area contributed by atoms with Crippen LogP contribution < -0.4 is 0 Å². The van der Waals surface area contributed by atoms with Crippen LogP contribution in [0.1, 0.15) is 6.42 Å². The molecule has 0 nitrogen and oxygen atoms in total. The van der Waals surface area contributed by atoms with E-state index in [0.717, 1.165) is 6.42 Å². The third-order valence-electron chi connectivity index (χ3n) is 0.586. The van der Waals surface area contributed by atoms with Crippen LogP contribution in [0.15, 0.2) is 18.2 Å². The Morgan fingerprint density at radius 2 is 2.33 bits per heavy atom. The van der Waals surface area contributed by atoms with Gasteiger partial charge in [0, 0.05) is 40.8 Å². The number of hydrogen-bond acceptors (Lipinski definition) is 0. The molecule has 0 aromatic heterocycles. The molecule has 0 radical (unpaired) electrons. The Morgan fingerprint density at radius 3 is 2.50 bits per heavy atom. The Bertz CT molecular complexity index is 62.0. The molecule has 0 amide bonds. The molecule has 0 aliphatic heterocycles. The van der Waals surface area contributed by atoms with Crippen LogP contribution in [0, 0.1) is 46.9 Å². The first-order valence-corrected chi connectivity index (χ1v) is 1.72. The zero-order chi connectivity index (χ0) is 3.54. The quantitative estimate of drug-likeness (QED) is 0.528. The van der Waals surface area contributed by atoms with Crippen LogP contribution in [0.3, 0.4) is 0 Å². The third-order valence-corrected chi connectivity index (χ3v) is 0.586. The Morgan fingerprint density at radius 1 is 1.50 bits per heavy atom. The fraction of sp³-hybridized carbons (Fsp3) is 0.200. The van der Waals surface area contributed by atoms with Crippen LogP contribution in [0.5, 0.6) is 0 Å². The average molecular weight is 209 g/mol. The molecule has 0 aromatic rings. The van der Waals surface area contributed by atoms with Gasteiger partial charge in [0.05, 0.1) is 0 Å². The van der Waals surface area contributed by atoms with Gasteiger partial charge in [0.2, 0.25) is 0 Å². The molecule has 0 saturated heterocycles. The smallest absolute Gasteiger partial charge is 0 e. The van der Waals surface area contributed by atoms with E-state index in [9.17, 15) is 0 Å². The molecule has 0 atom stereocenters. The second kappa shape index (κ2) is 4.00. The van der Waals surface area contributed by atoms with Crippen molar-refractivity contribution in [2.24, 2.45) is 0 Å². The Balaban J connectivity index is 0.000000250. The molecule has 0 spiro atoms. The van der Waals surface area contributed by atoms with E-state index in [1.165, 1.54) is 0 Å². The van der Waals surface area contributed by atoms with Gasteiger partial charge in [0.15, 0.2) is 0 Å². The van der Waals surface area contributed by atoms with Gasteiger partial charge >= 0.3 is 0 Å². The maximum atomic E-state index is 2.99. The van der Waals surface area contributed by atoms with Crippen molar-refractivity contribution in [3.8, 4) is 0 Å². The van der Waals surface area contributed by atoms with Gasteiger partial charge in [-0.25, -0.2) is 12.2 Å². The predicted octanol–water partition coefficient (Wildman–Crippen LogP) is 1.31. The topological polar surface area (TPSA) is 0 Å². The number of hydrogen-bond donors (Lipinski definition) is 0. The van der Waals surface area contributed by atoms with E-state index in [-0.39, 0.29) is 40.8 Å². The van der Waals surface area contributed by atoms with Gasteiger partial charge in [-0.15, -0.1) is 6.42 Å². The molecule has 0 saturated carbocycles. The van der Waals surface area contributed by atoms with Crippen molar-refractivity contribution >= 4 is 0 Å². The second-order valence-electron chi connectivity index (χ2n) is 1.00. The van der Waals surface area contributed by atoms with Crippen molar-refractivity contribution in [2.75, 3.05) is 0 Å². The number of allylic oxidation sites excluding steroid dienone is 4. The molecule has 0 fully saturated rings. The minimum atomic E-state index is 0. The molecular weight excluding hydrogens is 204 g/mol. The molecule has 6 heavy (non-hydrogen) atoms. The normalized spacial score (nSPS) is 14.7. The summed E-state index contributed by atoms with van der Waals surface area (Å²) in [6.07, 6.45) is 10.0. The number of rotatable bonds is 0. The fourth-order valence-corrected chi connectivity index (χ4v) is 0.340. The first-order chi connectivity index (χ1) is 2.50. The Labute approximate surface area is 70.8 Å². The average Bonchev–Trinajstić information content (AvgIpc) is 1.76. The van der Waals surface area contributed by atoms with Crippen LogP contribution in [-0.4, -0.2) is 0 Å². The minimum Gasteiger partial charge on any atom is -0.273 e. The second-order valence-corrected chi connectivity index (χ2v) is 1.00. The summed E-state index contributed by atoms with van der Waals surface area (Å²) >= 11 is 0. The molecule has 0 bridgehead atoms. The first kappa shape index (κ1) is 6.83. The molecule has 1 aliphatic carbocycles. The van der Waals surface area contributed by atoms with E-state index in [4.69, 9.17) is 0 Å². The SMILES string of the molecule is [C-]1=CC=CC1.[Nd]. The van der Waals surface area contributed by atoms with Crippen molar-refractivity contribution in [1.82, 2.24) is 0 Å². The zero-order valence-corrected chi connectivity index (χ0v) is 6.65. The maximum Gasteiger partial charge on any atom is 0 e. The van der Waals surface area contributed by atoms with Gasteiger partial charge in [0.1, 0.15) is 0 Å². The van der Waals surface area contributed by atoms with Gasteiger partial charge in [0.25, 0.3) is 0 Å². The third kappa shape index (κ3) is 2.09. The Kier molecular flexibility index (Phi) is 4.56. The summed E-state index contributed by atoms with van der Waals surface area (Å²) in [4.78, 5) is 0. The van der Waals surface area contributed by atoms with E-state index in [1.54, 1.807) is 0 Å². The zero-order valence-electron chi connectivity index (χ0n) is 3.44. The summed E-state index contributed by atoms with van der Waals surface area (Å²) < 4.78 is 0. The molecule has 0 heterocycles. The summed E-state index contributed by atoms with van der Waals surface area (Å²) in [7, 11) is 0. The molecule has 1 aliphatic rings. The molecule has 1 heteroatoms. The fourth-order valence-electron chi connectivity index (χ4n) is 0.340.